The van der Waals surface area contributed by atoms with E-state index in [1.165, 1.54) is 12.1 Å². The summed E-state index contributed by atoms with van der Waals surface area (Å²) in [6.45, 7) is 5.37. The van der Waals surface area contributed by atoms with E-state index in [0.717, 1.165) is 13.1 Å². The zero-order valence-corrected chi connectivity index (χ0v) is 13.0. The van der Waals surface area contributed by atoms with Gasteiger partial charge in [-0.3, -0.25) is 4.90 Å². The fraction of sp³-hybridized carbons (Fsp3) is 0.571. The highest BCUT2D eigenvalue weighted by molar-refractivity contribution is 7.89. The van der Waals surface area contributed by atoms with Gasteiger partial charge in [0, 0.05) is 25.7 Å². The van der Waals surface area contributed by atoms with E-state index >= 15 is 0 Å². The van der Waals surface area contributed by atoms with Crippen molar-refractivity contribution in [1.82, 2.24) is 9.62 Å². The molecule has 2 N–H and O–H groups in total. The summed E-state index contributed by atoms with van der Waals surface area (Å²) in [7, 11) is -3.56. The molecular weight excluding hydrogens is 292 g/mol. The molecule has 1 atom stereocenters. The van der Waals surface area contributed by atoms with Gasteiger partial charge in [0.15, 0.2) is 0 Å². The van der Waals surface area contributed by atoms with Gasteiger partial charge in [-0.15, -0.1) is 0 Å². The largest absolute Gasteiger partial charge is 0.392 e. The van der Waals surface area contributed by atoms with Gasteiger partial charge in [-0.2, -0.15) is 0 Å². The molecule has 1 fully saturated rings. The molecule has 0 spiro atoms. The molecule has 1 aromatic carbocycles. The maximum atomic E-state index is 12.3. The topological polar surface area (TPSA) is 78.9 Å². The van der Waals surface area contributed by atoms with Crippen LogP contribution < -0.4 is 4.72 Å². The standard InChI is InChI=1S/C14H22N2O4S/c1-12(10-16-5-7-20-8-6-16)15-21(18,19)14-4-2-3-13(9-14)11-17/h2-4,9,12,15,17H,5-8,10-11H2,1H3. The number of nitrogens with one attached hydrogen (secondary N) is 1. The molecule has 1 aliphatic rings. The molecule has 1 unspecified atom stereocenters. The lowest BCUT2D eigenvalue weighted by molar-refractivity contribution is 0.0354. The van der Waals surface area contributed by atoms with E-state index in [1.807, 2.05) is 6.92 Å². The van der Waals surface area contributed by atoms with E-state index in [-0.39, 0.29) is 17.5 Å². The molecule has 7 heteroatoms. The number of hydrogen-bond acceptors (Lipinski definition) is 5. The van der Waals surface area contributed by atoms with E-state index in [1.54, 1.807) is 12.1 Å². The minimum absolute atomic E-state index is 0.174. The van der Waals surface area contributed by atoms with Crippen molar-refractivity contribution in [1.29, 1.82) is 0 Å². The summed E-state index contributed by atoms with van der Waals surface area (Å²) in [6, 6.07) is 6.15. The van der Waals surface area contributed by atoms with E-state index < -0.39 is 10.0 Å². The summed E-state index contributed by atoms with van der Waals surface area (Å²) in [4.78, 5) is 2.36. The monoisotopic (exact) mass is 314 g/mol. The number of benzene rings is 1. The van der Waals surface area contributed by atoms with Crippen LogP contribution in [-0.4, -0.2) is 57.3 Å². The maximum Gasteiger partial charge on any atom is 0.240 e. The highest BCUT2D eigenvalue weighted by Crippen LogP contribution is 2.12. The molecule has 2 rings (SSSR count). The summed E-state index contributed by atoms with van der Waals surface area (Å²) in [6.07, 6.45) is 0. The van der Waals surface area contributed by atoms with Crippen LogP contribution in [0.4, 0.5) is 0 Å². The first-order valence-electron chi connectivity index (χ1n) is 7.03. The van der Waals surface area contributed by atoms with Gasteiger partial charge in [0.25, 0.3) is 0 Å². The van der Waals surface area contributed by atoms with Crippen molar-refractivity contribution in [3.8, 4) is 0 Å². The Morgan fingerprint density at radius 3 is 2.76 bits per heavy atom. The highest BCUT2D eigenvalue weighted by Gasteiger charge is 2.20. The van der Waals surface area contributed by atoms with Gasteiger partial charge in [-0.05, 0) is 24.6 Å². The predicted molar refractivity (Wildman–Crippen MR) is 79.4 cm³/mol. The fourth-order valence-electron chi connectivity index (χ4n) is 2.35. The number of aliphatic hydroxyl groups is 1. The minimum atomic E-state index is -3.56. The van der Waals surface area contributed by atoms with Crippen LogP contribution in [0, 0.1) is 0 Å². The average Bonchev–Trinajstić information content (AvgIpc) is 2.47. The van der Waals surface area contributed by atoms with Crippen molar-refractivity contribution in [3.05, 3.63) is 29.8 Å². The second-order valence-electron chi connectivity index (χ2n) is 5.24. The zero-order chi connectivity index (χ0) is 15.3. The van der Waals surface area contributed by atoms with Gasteiger partial charge in [-0.1, -0.05) is 12.1 Å². The molecule has 21 heavy (non-hydrogen) atoms. The van der Waals surface area contributed by atoms with Crippen molar-refractivity contribution in [3.63, 3.8) is 0 Å². The lowest BCUT2D eigenvalue weighted by Gasteiger charge is -2.29. The number of ether oxygens (including phenoxy) is 1. The molecule has 0 aromatic heterocycles. The third-order valence-electron chi connectivity index (χ3n) is 3.38. The van der Waals surface area contributed by atoms with Crippen molar-refractivity contribution in [2.75, 3.05) is 32.8 Å². The Morgan fingerprint density at radius 2 is 2.10 bits per heavy atom. The Kier molecular flexibility index (Phi) is 5.72. The van der Waals surface area contributed by atoms with E-state index in [2.05, 4.69) is 9.62 Å². The Hall–Kier alpha value is -0.990. The zero-order valence-electron chi connectivity index (χ0n) is 12.2. The van der Waals surface area contributed by atoms with Crippen LogP contribution in [-0.2, 0) is 21.4 Å². The summed E-state index contributed by atoms with van der Waals surface area (Å²) in [5.41, 5.74) is 0.582. The van der Waals surface area contributed by atoms with Crippen LogP contribution in [0.5, 0.6) is 0 Å². The molecule has 1 aromatic rings. The quantitative estimate of drug-likeness (QED) is 0.783. The van der Waals surface area contributed by atoms with Crippen LogP contribution in [0.3, 0.4) is 0 Å². The molecule has 0 aliphatic carbocycles. The Morgan fingerprint density at radius 1 is 1.38 bits per heavy atom. The first kappa shape index (κ1) is 16.4. The Bertz CT molecular complexity index is 556. The van der Waals surface area contributed by atoms with Crippen LogP contribution in [0.2, 0.25) is 0 Å². The number of rotatable bonds is 6. The van der Waals surface area contributed by atoms with Crippen LogP contribution in [0.25, 0.3) is 0 Å². The van der Waals surface area contributed by atoms with Crippen molar-refractivity contribution in [2.24, 2.45) is 0 Å². The SMILES string of the molecule is CC(CN1CCOCC1)NS(=O)(=O)c1cccc(CO)c1. The number of nitrogens with zero attached hydrogens (tertiary/aromatic N) is 1. The molecule has 1 aliphatic heterocycles. The second kappa shape index (κ2) is 7.33. The molecule has 0 radical (unpaired) electrons. The fourth-order valence-corrected chi connectivity index (χ4v) is 3.66. The van der Waals surface area contributed by atoms with Gasteiger partial charge in [0.05, 0.1) is 24.7 Å². The van der Waals surface area contributed by atoms with Crippen LogP contribution in [0.15, 0.2) is 29.2 Å². The first-order chi connectivity index (χ1) is 10.0. The molecule has 1 heterocycles. The molecule has 118 valence electrons. The Labute approximate surface area is 125 Å². The van der Waals surface area contributed by atoms with Crippen molar-refractivity contribution >= 4 is 10.0 Å². The maximum absolute atomic E-state index is 12.3. The van der Waals surface area contributed by atoms with Crippen LogP contribution >= 0.6 is 0 Å². The van der Waals surface area contributed by atoms with E-state index in [4.69, 9.17) is 9.84 Å². The second-order valence-corrected chi connectivity index (χ2v) is 6.95. The molecular formula is C14H22N2O4S. The number of sulfonamides is 1. The van der Waals surface area contributed by atoms with Gasteiger partial charge in [0.1, 0.15) is 0 Å². The lowest BCUT2D eigenvalue weighted by atomic mass is 10.2. The molecule has 0 saturated carbocycles. The molecule has 1 saturated heterocycles. The predicted octanol–water partition coefficient (Wildman–Crippen LogP) is 0.178. The summed E-state index contributed by atoms with van der Waals surface area (Å²) >= 11 is 0. The first-order valence-corrected chi connectivity index (χ1v) is 8.52. The van der Waals surface area contributed by atoms with E-state index in [0.29, 0.717) is 25.3 Å². The normalized spacial score (nSPS) is 18.6. The van der Waals surface area contributed by atoms with Gasteiger partial charge < -0.3 is 9.84 Å². The number of aliphatic hydroxyl groups excluding tert-OH is 1. The molecule has 0 bridgehead atoms. The minimum Gasteiger partial charge on any atom is -0.392 e. The lowest BCUT2D eigenvalue weighted by Crippen LogP contribution is -2.45. The van der Waals surface area contributed by atoms with E-state index in [9.17, 15) is 8.42 Å². The third-order valence-corrected chi connectivity index (χ3v) is 4.97. The summed E-state index contributed by atoms with van der Waals surface area (Å²) in [5, 5.41) is 9.09. The van der Waals surface area contributed by atoms with Crippen molar-refractivity contribution < 1.29 is 18.3 Å². The van der Waals surface area contributed by atoms with Crippen LogP contribution in [0.1, 0.15) is 12.5 Å². The summed E-state index contributed by atoms with van der Waals surface area (Å²) < 4.78 is 32.6. The summed E-state index contributed by atoms with van der Waals surface area (Å²) in [5.74, 6) is 0. The smallest absolute Gasteiger partial charge is 0.240 e. The average molecular weight is 314 g/mol. The highest BCUT2D eigenvalue weighted by atomic mass is 32.2. The van der Waals surface area contributed by atoms with Crippen molar-refractivity contribution in [2.45, 2.75) is 24.5 Å². The number of hydrogen-bond donors (Lipinski definition) is 2. The van der Waals surface area contributed by atoms with Gasteiger partial charge >= 0.3 is 0 Å². The van der Waals surface area contributed by atoms with Gasteiger partial charge in [0.2, 0.25) is 10.0 Å². The Balaban J connectivity index is 1.98. The molecule has 0 amide bonds. The number of morpholine rings is 1. The molecule has 6 nitrogen and oxygen atoms in total. The third kappa shape index (κ3) is 4.76. The van der Waals surface area contributed by atoms with Gasteiger partial charge in [-0.25, -0.2) is 13.1 Å².